The molecule has 1 saturated heterocycles. The SMILES string of the molecule is [O-]c1ccc(N(O)O)cc1/C=N\NC(=S)N1CCCCC1. The number of nitrogens with zero attached hydrogens (tertiary/aromatic N) is 3. The van der Waals surface area contributed by atoms with Gasteiger partial charge in [-0.05, 0) is 49.2 Å². The third-order valence-corrected chi connectivity index (χ3v) is 3.58. The zero-order chi connectivity index (χ0) is 15.2. The fraction of sp³-hybridized carbons (Fsp3) is 0.385. The molecular formula is C13H17N4O3S-. The summed E-state index contributed by atoms with van der Waals surface area (Å²) >= 11 is 5.22. The Bertz CT molecular complexity index is 530. The Morgan fingerprint density at radius 2 is 2.05 bits per heavy atom. The van der Waals surface area contributed by atoms with Crippen molar-refractivity contribution in [3.63, 3.8) is 0 Å². The Kier molecular flexibility index (Phi) is 5.32. The Labute approximate surface area is 128 Å². The summed E-state index contributed by atoms with van der Waals surface area (Å²) in [5.41, 5.74) is 3.04. The van der Waals surface area contributed by atoms with E-state index in [1.165, 1.54) is 30.8 Å². The van der Waals surface area contributed by atoms with Gasteiger partial charge in [0.25, 0.3) is 0 Å². The van der Waals surface area contributed by atoms with Crippen LogP contribution in [-0.2, 0) is 0 Å². The molecule has 2 rings (SSSR count). The molecule has 1 heterocycles. The molecule has 3 N–H and O–H groups in total. The van der Waals surface area contributed by atoms with Crippen LogP contribution in [0.4, 0.5) is 5.69 Å². The first-order chi connectivity index (χ1) is 10.1. The van der Waals surface area contributed by atoms with Crippen molar-refractivity contribution in [3.05, 3.63) is 23.8 Å². The molecule has 1 aromatic rings. The molecule has 0 unspecified atom stereocenters. The molecule has 0 saturated carbocycles. The van der Waals surface area contributed by atoms with Crippen molar-refractivity contribution in [1.82, 2.24) is 10.3 Å². The quantitative estimate of drug-likeness (QED) is 0.436. The fourth-order valence-corrected chi connectivity index (χ4v) is 2.32. The third kappa shape index (κ3) is 4.28. The normalized spacial score (nSPS) is 15.2. The zero-order valence-corrected chi connectivity index (χ0v) is 12.2. The lowest BCUT2D eigenvalue weighted by atomic mass is 10.1. The second-order valence-electron chi connectivity index (χ2n) is 4.73. The molecule has 1 aliphatic rings. The van der Waals surface area contributed by atoms with E-state index in [1.807, 2.05) is 4.90 Å². The summed E-state index contributed by atoms with van der Waals surface area (Å²) in [5, 5.41) is 33.9. The summed E-state index contributed by atoms with van der Waals surface area (Å²) in [7, 11) is 0. The molecule has 0 spiro atoms. The molecule has 21 heavy (non-hydrogen) atoms. The van der Waals surface area contributed by atoms with Crippen LogP contribution in [0.1, 0.15) is 24.8 Å². The minimum absolute atomic E-state index is 0.0530. The molecule has 7 nitrogen and oxygen atoms in total. The van der Waals surface area contributed by atoms with E-state index in [9.17, 15) is 5.11 Å². The molecule has 0 amide bonds. The highest BCUT2D eigenvalue weighted by atomic mass is 32.1. The van der Waals surface area contributed by atoms with Crippen molar-refractivity contribution >= 4 is 29.2 Å². The van der Waals surface area contributed by atoms with Crippen molar-refractivity contribution in [1.29, 1.82) is 0 Å². The predicted octanol–water partition coefficient (Wildman–Crippen LogP) is 1.04. The third-order valence-electron chi connectivity index (χ3n) is 3.23. The second kappa shape index (κ2) is 7.21. The lowest BCUT2D eigenvalue weighted by Gasteiger charge is -2.28. The van der Waals surface area contributed by atoms with Gasteiger partial charge in [-0.15, -0.1) is 5.23 Å². The monoisotopic (exact) mass is 309 g/mol. The zero-order valence-electron chi connectivity index (χ0n) is 11.4. The van der Waals surface area contributed by atoms with Crippen molar-refractivity contribution < 1.29 is 15.5 Å². The Balaban J connectivity index is 1.97. The highest BCUT2D eigenvalue weighted by molar-refractivity contribution is 7.80. The van der Waals surface area contributed by atoms with Gasteiger partial charge >= 0.3 is 0 Å². The van der Waals surface area contributed by atoms with E-state index in [-0.39, 0.29) is 22.2 Å². The fourth-order valence-electron chi connectivity index (χ4n) is 2.09. The molecule has 1 fully saturated rings. The summed E-state index contributed by atoms with van der Waals surface area (Å²) in [6, 6.07) is 3.85. The van der Waals surface area contributed by atoms with Crippen LogP contribution in [0.25, 0.3) is 0 Å². The van der Waals surface area contributed by atoms with Crippen molar-refractivity contribution in [3.8, 4) is 5.75 Å². The van der Waals surface area contributed by atoms with E-state index in [0.29, 0.717) is 5.11 Å². The average molecular weight is 309 g/mol. The first-order valence-electron chi connectivity index (χ1n) is 6.65. The van der Waals surface area contributed by atoms with E-state index in [2.05, 4.69) is 10.5 Å². The van der Waals surface area contributed by atoms with Crippen LogP contribution in [0.2, 0.25) is 0 Å². The number of nitrogens with one attached hydrogen (secondary N) is 1. The first-order valence-corrected chi connectivity index (χ1v) is 7.05. The molecule has 114 valence electrons. The number of hydrogen-bond donors (Lipinski definition) is 3. The average Bonchev–Trinajstić information content (AvgIpc) is 2.49. The number of rotatable bonds is 3. The van der Waals surface area contributed by atoms with Gasteiger partial charge in [0.2, 0.25) is 0 Å². The van der Waals surface area contributed by atoms with Crippen LogP contribution in [0.3, 0.4) is 0 Å². The number of benzene rings is 1. The van der Waals surface area contributed by atoms with Crippen LogP contribution in [-0.4, -0.2) is 39.7 Å². The van der Waals surface area contributed by atoms with Gasteiger partial charge < -0.3 is 10.0 Å². The number of piperidine rings is 1. The van der Waals surface area contributed by atoms with Gasteiger partial charge in [0, 0.05) is 13.1 Å². The van der Waals surface area contributed by atoms with Crippen LogP contribution < -0.4 is 15.8 Å². The standard InChI is InChI=1S/C13H18N4O3S/c18-12-5-4-11(17(19)20)8-10(12)9-14-15-13(21)16-6-2-1-3-7-16/h4-5,8-9,18-20H,1-3,6-7H2,(H,15,21)/p-1/b14-9-. The molecule has 1 aromatic carbocycles. The van der Waals surface area contributed by atoms with E-state index >= 15 is 0 Å². The Morgan fingerprint density at radius 1 is 1.33 bits per heavy atom. The van der Waals surface area contributed by atoms with Crippen LogP contribution in [0.5, 0.6) is 5.75 Å². The summed E-state index contributed by atoms with van der Waals surface area (Å²) in [4.78, 5) is 2.04. The van der Waals surface area contributed by atoms with Gasteiger partial charge in [0.05, 0.1) is 11.9 Å². The van der Waals surface area contributed by atoms with E-state index < -0.39 is 0 Å². The highest BCUT2D eigenvalue weighted by Crippen LogP contribution is 2.19. The highest BCUT2D eigenvalue weighted by Gasteiger charge is 2.12. The molecule has 0 aliphatic carbocycles. The molecule has 0 bridgehead atoms. The van der Waals surface area contributed by atoms with Gasteiger partial charge in [-0.1, -0.05) is 11.8 Å². The topological polar surface area (TPSA) is 94.4 Å². The van der Waals surface area contributed by atoms with Gasteiger partial charge in [-0.2, -0.15) is 5.10 Å². The lowest BCUT2D eigenvalue weighted by Crippen LogP contribution is -2.40. The Morgan fingerprint density at radius 3 is 2.71 bits per heavy atom. The smallest absolute Gasteiger partial charge is 0.189 e. The Hall–Kier alpha value is -1.90. The summed E-state index contributed by atoms with van der Waals surface area (Å²) in [6.07, 6.45) is 4.75. The van der Waals surface area contributed by atoms with Crippen molar-refractivity contribution in [2.75, 3.05) is 18.3 Å². The van der Waals surface area contributed by atoms with Crippen LogP contribution in [0, 0.1) is 0 Å². The summed E-state index contributed by atoms with van der Waals surface area (Å²) in [6.45, 7) is 1.82. The molecule has 1 aliphatic heterocycles. The second-order valence-corrected chi connectivity index (χ2v) is 5.12. The summed E-state index contributed by atoms with van der Waals surface area (Å²) in [5.74, 6) is -0.268. The maximum absolute atomic E-state index is 11.6. The number of hydrogen-bond acceptors (Lipinski definition) is 6. The van der Waals surface area contributed by atoms with E-state index in [0.717, 1.165) is 25.9 Å². The summed E-state index contributed by atoms with van der Waals surface area (Å²) < 4.78 is 0. The molecule has 0 atom stereocenters. The van der Waals surface area contributed by atoms with E-state index in [1.54, 1.807) is 0 Å². The molecule has 8 heteroatoms. The number of anilines is 1. The number of thiocarbonyl (C=S) groups is 1. The van der Waals surface area contributed by atoms with Crippen LogP contribution in [0.15, 0.2) is 23.3 Å². The van der Waals surface area contributed by atoms with E-state index in [4.69, 9.17) is 22.6 Å². The molecule has 0 radical (unpaired) electrons. The lowest BCUT2D eigenvalue weighted by molar-refractivity contribution is -0.268. The molecular weight excluding hydrogens is 292 g/mol. The van der Waals surface area contributed by atoms with Gasteiger partial charge in [-0.25, -0.2) is 0 Å². The number of likely N-dealkylation sites (tertiary alicyclic amines) is 1. The largest absolute Gasteiger partial charge is 0.872 e. The van der Waals surface area contributed by atoms with Crippen LogP contribution >= 0.6 is 12.2 Å². The van der Waals surface area contributed by atoms with Gasteiger partial charge in [0.15, 0.2) is 5.11 Å². The van der Waals surface area contributed by atoms with Gasteiger partial charge in [0.1, 0.15) is 0 Å². The van der Waals surface area contributed by atoms with Crippen molar-refractivity contribution in [2.45, 2.75) is 19.3 Å². The predicted molar refractivity (Wildman–Crippen MR) is 80.7 cm³/mol. The first kappa shape index (κ1) is 15.5. The maximum atomic E-state index is 11.6. The number of hydrazone groups is 1. The van der Waals surface area contributed by atoms with Gasteiger partial charge in [-0.3, -0.25) is 15.8 Å². The minimum Gasteiger partial charge on any atom is -0.872 e. The maximum Gasteiger partial charge on any atom is 0.189 e. The minimum atomic E-state index is -0.268. The van der Waals surface area contributed by atoms with Crippen molar-refractivity contribution in [2.24, 2.45) is 5.10 Å². The molecule has 0 aromatic heterocycles.